The normalized spacial score (nSPS) is 14.9. The average molecular weight is 1190 g/mol. The number of unbranched alkanes of at least 4 members (excludes halogenated alkanes) is 23. The van der Waals surface area contributed by atoms with Crippen LogP contribution in [0.25, 0.3) is 0 Å². The molecule has 80 heavy (non-hydrogen) atoms. The average Bonchev–Trinajstić information content (AvgIpc) is 3.40. The molecule has 0 saturated carbocycles. The number of carbonyl (C=O) groups excluding carboxylic acids is 4. The maximum Gasteiger partial charge on any atom is 0.472 e. The number of ether oxygens (including phenoxy) is 4. The molecule has 0 rings (SSSR count). The Morgan fingerprint density at radius 1 is 0.350 bits per heavy atom. The minimum atomic E-state index is -4.94. The molecule has 0 aliphatic carbocycles. The van der Waals surface area contributed by atoms with Crippen LogP contribution in [0.3, 0.4) is 0 Å². The van der Waals surface area contributed by atoms with Gasteiger partial charge in [-0.3, -0.25) is 37.3 Å². The van der Waals surface area contributed by atoms with E-state index in [9.17, 15) is 43.2 Å². The van der Waals surface area contributed by atoms with Crippen molar-refractivity contribution in [1.29, 1.82) is 0 Å². The molecule has 0 aromatic rings. The Balaban J connectivity index is 5.25. The minimum Gasteiger partial charge on any atom is -0.462 e. The Bertz CT molecular complexity index is 1610. The molecule has 0 fully saturated rings. The quantitative estimate of drug-likeness (QED) is 0.0222. The van der Waals surface area contributed by atoms with Gasteiger partial charge in [-0.25, -0.2) is 9.13 Å². The van der Waals surface area contributed by atoms with Gasteiger partial charge in [0.2, 0.25) is 0 Å². The molecule has 19 heteroatoms. The molecule has 0 spiro atoms. The van der Waals surface area contributed by atoms with Gasteiger partial charge in [0, 0.05) is 25.7 Å². The van der Waals surface area contributed by atoms with Gasteiger partial charge in [-0.15, -0.1) is 0 Å². The van der Waals surface area contributed by atoms with Crippen LogP contribution in [0.1, 0.15) is 287 Å². The fourth-order valence-electron chi connectivity index (χ4n) is 8.87. The number of aliphatic hydroxyl groups excluding tert-OH is 1. The van der Waals surface area contributed by atoms with Crippen LogP contribution in [0.5, 0.6) is 0 Å². The fourth-order valence-corrected chi connectivity index (χ4v) is 10.4. The SMILES string of the molecule is CCC(C)CCCCCCCCC(=O)OC[C@H](COP(=O)(O)OCC(O)COP(=O)(O)OC[C@@H](COC(=O)CCCCCCCCCCC(C)C)OC(=O)CCCCCCCCCC(C)C)OC(=O)CCCCCCCCC(C)C. The number of hydrogen-bond donors (Lipinski definition) is 3. The lowest BCUT2D eigenvalue weighted by Crippen LogP contribution is -2.30. The summed E-state index contributed by atoms with van der Waals surface area (Å²) in [5, 5.41) is 10.5. The van der Waals surface area contributed by atoms with Crippen molar-refractivity contribution in [3.8, 4) is 0 Å². The summed E-state index contributed by atoms with van der Waals surface area (Å²) in [5.41, 5.74) is 0. The third-order valence-electron chi connectivity index (χ3n) is 14.2. The van der Waals surface area contributed by atoms with Gasteiger partial charge in [-0.1, -0.05) is 235 Å². The lowest BCUT2D eigenvalue weighted by molar-refractivity contribution is -0.161. The van der Waals surface area contributed by atoms with Gasteiger partial charge < -0.3 is 33.8 Å². The lowest BCUT2D eigenvalue weighted by atomic mass is 10.00. The van der Waals surface area contributed by atoms with E-state index >= 15 is 0 Å². The molecule has 0 aliphatic rings. The van der Waals surface area contributed by atoms with Crippen LogP contribution in [0.15, 0.2) is 0 Å². The van der Waals surface area contributed by atoms with Gasteiger partial charge in [0.05, 0.1) is 26.4 Å². The third-order valence-corrected chi connectivity index (χ3v) is 16.1. The Hall–Kier alpha value is -1.94. The molecule has 6 atom stereocenters. The summed E-state index contributed by atoms with van der Waals surface area (Å²) in [7, 11) is -9.88. The van der Waals surface area contributed by atoms with E-state index in [4.69, 9.17) is 37.0 Å². The van der Waals surface area contributed by atoms with Gasteiger partial charge in [0.1, 0.15) is 19.3 Å². The zero-order valence-corrected chi connectivity index (χ0v) is 53.5. The van der Waals surface area contributed by atoms with Gasteiger partial charge in [0.25, 0.3) is 0 Å². The second-order valence-corrected chi connectivity index (χ2v) is 26.7. The van der Waals surface area contributed by atoms with Crippen molar-refractivity contribution in [1.82, 2.24) is 0 Å². The molecule has 0 amide bonds. The molecule has 0 heterocycles. The van der Waals surface area contributed by atoms with E-state index in [-0.39, 0.29) is 25.7 Å². The molecule has 4 unspecified atom stereocenters. The fraction of sp³-hybridized carbons (Fsp3) is 0.934. The number of esters is 4. The van der Waals surface area contributed by atoms with Crippen molar-refractivity contribution in [2.75, 3.05) is 39.6 Å². The number of aliphatic hydroxyl groups is 1. The molecular formula is C61H118O17P2. The van der Waals surface area contributed by atoms with Crippen LogP contribution in [-0.4, -0.2) is 96.7 Å². The van der Waals surface area contributed by atoms with E-state index in [1.54, 1.807) is 0 Å². The summed E-state index contributed by atoms with van der Waals surface area (Å²) in [6.07, 6.45) is 29.7. The highest BCUT2D eigenvalue weighted by molar-refractivity contribution is 7.47. The summed E-state index contributed by atoms with van der Waals surface area (Å²) in [6, 6.07) is 0. The predicted molar refractivity (Wildman–Crippen MR) is 317 cm³/mol. The molecule has 0 bridgehead atoms. The zero-order valence-electron chi connectivity index (χ0n) is 51.7. The molecule has 474 valence electrons. The zero-order chi connectivity index (χ0) is 59.7. The highest BCUT2D eigenvalue weighted by Gasteiger charge is 2.30. The van der Waals surface area contributed by atoms with E-state index in [1.807, 2.05) is 0 Å². The van der Waals surface area contributed by atoms with Crippen molar-refractivity contribution >= 4 is 39.5 Å². The van der Waals surface area contributed by atoms with Gasteiger partial charge in [-0.05, 0) is 49.4 Å². The number of phosphoric acid groups is 2. The Labute approximate surface area is 486 Å². The first-order valence-electron chi connectivity index (χ1n) is 31.7. The first-order chi connectivity index (χ1) is 38.1. The molecule has 3 N–H and O–H groups in total. The number of hydrogen-bond acceptors (Lipinski definition) is 15. The molecule has 0 aliphatic heterocycles. The second-order valence-electron chi connectivity index (χ2n) is 23.8. The van der Waals surface area contributed by atoms with E-state index in [1.165, 1.54) is 83.5 Å². The molecular weight excluding hydrogens is 1070 g/mol. The maximum absolute atomic E-state index is 12.9. The molecule has 0 aromatic heterocycles. The Morgan fingerprint density at radius 3 is 0.887 bits per heavy atom. The van der Waals surface area contributed by atoms with Crippen molar-refractivity contribution in [2.45, 2.75) is 305 Å². The first kappa shape index (κ1) is 78.1. The van der Waals surface area contributed by atoms with Crippen molar-refractivity contribution in [3.63, 3.8) is 0 Å². The smallest absolute Gasteiger partial charge is 0.462 e. The van der Waals surface area contributed by atoms with Gasteiger partial charge >= 0.3 is 39.5 Å². The van der Waals surface area contributed by atoms with Crippen molar-refractivity contribution in [3.05, 3.63) is 0 Å². The largest absolute Gasteiger partial charge is 0.472 e. The number of phosphoric ester groups is 2. The van der Waals surface area contributed by atoms with E-state index in [0.717, 1.165) is 108 Å². The van der Waals surface area contributed by atoms with Crippen LogP contribution < -0.4 is 0 Å². The van der Waals surface area contributed by atoms with Crippen molar-refractivity contribution in [2.24, 2.45) is 23.7 Å². The summed E-state index contributed by atoms with van der Waals surface area (Å²) < 4.78 is 67.8. The van der Waals surface area contributed by atoms with Crippen LogP contribution in [-0.2, 0) is 65.4 Å². The summed E-state index contributed by atoms with van der Waals surface area (Å²) in [4.78, 5) is 72.0. The van der Waals surface area contributed by atoms with Crippen LogP contribution >= 0.6 is 15.6 Å². The summed E-state index contributed by atoms with van der Waals surface area (Å²) in [5.74, 6) is 0.673. The predicted octanol–water partition coefficient (Wildman–Crippen LogP) is 16.2. The highest BCUT2D eigenvalue weighted by atomic mass is 31.2. The van der Waals surface area contributed by atoms with Crippen molar-refractivity contribution < 1.29 is 80.2 Å². The lowest BCUT2D eigenvalue weighted by Gasteiger charge is -2.21. The topological polar surface area (TPSA) is 237 Å². The molecule has 0 aromatic carbocycles. The maximum atomic E-state index is 12.9. The standard InChI is InChI=1S/C61H118O17P2/c1-9-54(8)40-32-24-18-20-26-34-42-59(64)72-48-57(78-61(66)44-36-28-19-17-23-31-39-53(6)7)50-76-80(69,70)74-46-55(62)45-73-79(67,68)75-49-56(77-60(65)43-35-27-16-12-14-22-30-38-52(4)5)47-71-58(63)41-33-25-15-11-10-13-21-29-37-51(2)3/h51-57,62H,9-50H2,1-8H3,(H,67,68)(H,69,70)/t54?,55?,56-,57-/m1/s1. The highest BCUT2D eigenvalue weighted by Crippen LogP contribution is 2.45. The van der Waals surface area contributed by atoms with Crippen LogP contribution in [0.4, 0.5) is 0 Å². The molecule has 0 radical (unpaired) electrons. The van der Waals surface area contributed by atoms with Crippen LogP contribution in [0.2, 0.25) is 0 Å². The molecule has 17 nitrogen and oxygen atoms in total. The molecule has 0 saturated heterocycles. The first-order valence-corrected chi connectivity index (χ1v) is 34.7. The Morgan fingerprint density at radius 2 is 0.600 bits per heavy atom. The number of rotatable bonds is 58. The summed E-state index contributed by atoms with van der Waals surface area (Å²) >= 11 is 0. The van der Waals surface area contributed by atoms with E-state index in [2.05, 4.69) is 55.4 Å². The third kappa shape index (κ3) is 54.0. The monoisotopic (exact) mass is 1180 g/mol. The van der Waals surface area contributed by atoms with E-state index < -0.39 is 97.5 Å². The van der Waals surface area contributed by atoms with Gasteiger partial charge in [-0.2, -0.15) is 0 Å². The second kappa shape index (κ2) is 51.5. The minimum absolute atomic E-state index is 0.100. The van der Waals surface area contributed by atoms with Gasteiger partial charge in [0.15, 0.2) is 12.2 Å². The summed E-state index contributed by atoms with van der Waals surface area (Å²) in [6.45, 7) is 13.8. The Kier molecular flexibility index (Phi) is 50.2. The van der Waals surface area contributed by atoms with Crippen LogP contribution in [0, 0.1) is 23.7 Å². The number of carbonyl (C=O) groups is 4. The van der Waals surface area contributed by atoms with E-state index in [0.29, 0.717) is 37.5 Å².